The Morgan fingerprint density at radius 2 is 1.85 bits per heavy atom. The highest BCUT2D eigenvalue weighted by Gasteiger charge is 2.21. The third-order valence-electron chi connectivity index (χ3n) is 5.92. The summed E-state index contributed by atoms with van der Waals surface area (Å²) in [6, 6.07) is 15.4. The van der Waals surface area contributed by atoms with Crippen molar-refractivity contribution in [2.75, 3.05) is 39.3 Å². The molecule has 9 heteroatoms. The zero-order chi connectivity index (χ0) is 23.5. The van der Waals surface area contributed by atoms with Crippen LogP contribution in [0.2, 0.25) is 5.02 Å². The summed E-state index contributed by atoms with van der Waals surface area (Å²) in [6.07, 6.45) is -0.545. The van der Waals surface area contributed by atoms with Crippen LogP contribution in [0.1, 0.15) is 10.7 Å². The first-order valence-corrected chi connectivity index (χ1v) is 12.6. The van der Waals surface area contributed by atoms with E-state index in [2.05, 4.69) is 19.9 Å². The number of piperazine rings is 1. The van der Waals surface area contributed by atoms with Gasteiger partial charge in [0.2, 0.25) is 0 Å². The van der Waals surface area contributed by atoms with Gasteiger partial charge in [-0.1, -0.05) is 16.8 Å². The largest absolute Gasteiger partial charge is 0.491 e. The van der Waals surface area contributed by atoms with Crippen LogP contribution in [0.15, 0.2) is 53.1 Å². The molecule has 1 saturated heterocycles. The molecule has 5 rings (SSSR count). The van der Waals surface area contributed by atoms with Gasteiger partial charge < -0.3 is 14.4 Å². The van der Waals surface area contributed by atoms with E-state index in [0.29, 0.717) is 11.6 Å². The van der Waals surface area contributed by atoms with E-state index < -0.39 is 6.10 Å². The maximum Gasteiger partial charge on any atom is 0.167 e. The average Bonchev–Trinajstić information content (AvgIpc) is 3.44. The van der Waals surface area contributed by atoms with Crippen LogP contribution in [0, 0.1) is 6.92 Å². The Bertz CT molecular complexity index is 1230. The van der Waals surface area contributed by atoms with Crippen molar-refractivity contribution in [3.05, 3.63) is 64.3 Å². The van der Waals surface area contributed by atoms with E-state index in [1.807, 2.05) is 55.5 Å². The van der Waals surface area contributed by atoms with Crippen LogP contribution in [0.3, 0.4) is 0 Å². The van der Waals surface area contributed by atoms with E-state index in [4.69, 9.17) is 20.9 Å². The predicted octanol–water partition coefficient (Wildman–Crippen LogP) is 4.47. The summed E-state index contributed by atoms with van der Waals surface area (Å²) in [6.45, 7) is 7.21. The number of aliphatic hydroxyl groups is 1. The molecule has 2 aromatic heterocycles. The molecular formula is C25H27ClN4O3S. The fraction of sp³-hybridized carbons (Fsp3) is 0.360. The summed E-state index contributed by atoms with van der Waals surface area (Å²) in [4.78, 5) is 9.13. The quantitative estimate of drug-likeness (QED) is 0.384. The van der Waals surface area contributed by atoms with Crippen molar-refractivity contribution >= 4 is 33.2 Å². The van der Waals surface area contributed by atoms with Crippen LogP contribution in [0.4, 0.5) is 0 Å². The second kappa shape index (κ2) is 10.4. The van der Waals surface area contributed by atoms with Crippen molar-refractivity contribution in [2.45, 2.75) is 19.6 Å². The van der Waals surface area contributed by atoms with Gasteiger partial charge in [-0.05, 0) is 43.3 Å². The van der Waals surface area contributed by atoms with E-state index in [-0.39, 0.29) is 6.61 Å². The molecule has 0 radical (unpaired) electrons. The molecule has 1 N–H and O–H groups in total. The van der Waals surface area contributed by atoms with Crippen LogP contribution in [0.25, 0.3) is 21.5 Å². The zero-order valence-corrected chi connectivity index (χ0v) is 20.6. The van der Waals surface area contributed by atoms with Crippen LogP contribution in [-0.4, -0.2) is 70.5 Å². The second-order valence-corrected chi connectivity index (χ2v) is 10.3. The number of halogens is 1. The Morgan fingerprint density at radius 1 is 1.09 bits per heavy atom. The average molecular weight is 499 g/mol. The van der Waals surface area contributed by atoms with Gasteiger partial charge in [0.15, 0.2) is 5.76 Å². The Labute approximate surface area is 207 Å². The number of hydrogen-bond donors (Lipinski definition) is 1. The lowest BCUT2D eigenvalue weighted by molar-refractivity contribution is 0.0442. The molecule has 1 unspecified atom stereocenters. The number of aliphatic hydroxyl groups excluding tert-OH is 1. The molecule has 1 atom stereocenters. The van der Waals surface area contributed by atoms with Gasteiger partial charge in [-0.2, -0.15) is 0 Å². The standard InChI is InChI=1S/C25H27ClN4O3S/c1-17-27-23-13-22(6-7-25(23)34-17)32-16-21(31)15-30-10-8-29(9-11-30)14-20-12-24(33-28-20)18-2-4-19(26)5-3-18/h2-7,12-13,21,31H,8-11,14-16H2,1H3. The molecule has 1 aliphatic heterocycles. The molecule has 34 heavy (non-hydrogen) atoms. The van der Waals surface area contributed by atoms with Gasteiger partial charge >= 0.3 is 0 Å². The Hall–Kier alpha value is -2.49. The van der Waals surface area contributed by atoms with Crippen molar-refractivity contribution in [1.29, 1.82) is 0 Å². The monoisotopic (exact) mass is 498 g/mol. The van der Waals surface area contributed by atoms with Gasteiger partial charge in [0, 0.05) is 62.0 Å². The summed E-state index contributed by atoms with van der Waals surface area (Å²) in [5, 5.41) is 16.4. The van der Waals surface area contributed by atoms with Crippen molar-refractivity contribution in [3.63, 3.8) is 0 Å². The minimum atomic E-state index is -0.545. The van der Waals surface area contributed by atoms with Crippen LogP contribution >= 0.6 is 22.9 Å². The maximum atomic E-state index is 10.5. The lowest BCUT2D eigenvalue weighted by Gasteiger charge is -2.35. The number of ether oxygens (including phenoxy) is 1. The van der Waals surface area contributed by atoms with Crippen LogP contribution in [0.5, 0.6) is 5.75 Å². The molecule has 0 amide bonds. The zero-order valence-electron chi connectivity index (χ0n) is 19.0. The minimum Gasteiger partial charge on any atom is -0.491 e. The Morgan fingerprint density at radius 3 is 2.65 bits per heavy atom. The van der Waals surface area contributed by atoms with Gasteiger partial charge in [-0.3, -0.25) is 9.80 Å². The van der Waals surface area contributed by atoms with E-state index in [1.54, 1.807) is 11.3 Å². The smallest absolute Gasteiger partial charge is 0.167 e. The number of nitrogens with zero attached hydrogens (tertiary/aromatic N) is 4. The Kier molecular flexibility index (Phi) is 7.12. The SMILES string of the molecule is Cc1nc2cc(OCC(O)CN3CCN(Cc4cc(-c5ccc(Cl)cc5)on4)CC3)ccc2s1. The lowest BCUT2D eigenvalue weighted by atomic mass is 10.1. The van der Waals surface area contributed by atoms with Gasteiger partial charge in [-0.15, -0.1) is 11.3 Å². The van der Waals surface area contributed by atoms with Gasteiger partial charge in [0.05, 0.1) is 20.9 Å². The van der Waals surface area contributed by atoms with Crippen molar-refractivity contribution in [2.24, 2.45) is 0 Å². The van der Waals surface area contributed by atoms with Crippen molar-refractivity contribution < 1.29 is 14.4 Å². The predicted molar refractivity (Wildman–Crippen MR) is 135 cm³/mol. The molecule has 0 saturated carbocycles. The fourth-order valence-electron chi connectivity index (χ4n) is 4.15. The molecule has 4 aromatic rings. The highest BCUT2D eigenvalue weighted by molar-refractivity contribution is 7.18. The molecule has 2 aromatic carbocycles. The molecule has 0 bridgehead atoms. The van der Waals surface area contributed by atoms with Crippen molar-refractivity contribution in [1.82, 2.24) is 19.9 Å². The third-order valence-corrected chi connectivity index (χ3v) is 7.12. The summed E-state index contributed by atoms with van der Waals surface area (Å²) < 4.78 is 12.5. The third kappa shape index (κ3) is 5.76. The molecule has 1 fully saturated rings. The summed E-state index contributed by atoms with van der Waals surface area (Å²) in [7, 11) is 0. The first-order chi connectivity index (χ1) is 16.5. The van der Waals surface area contributed by atoms with E-state index in [1.165, 1.54) is 0 Å². The fourth-order valence-corrected chi connectivity index (χ4v) is 5.08. The first kappa shape index (κ1) is 23.3. The van der Waals surface area contributed by atoms with E-state index >= 15 is 0 Å². The number of β-amino-alcohol motifs (C(OH)–C–C–N with tert-alkyl or cyclic N) is 1. The van der Waals surface area contributed by atoms with E-state index in [0.717, 1.165) is 70.7 Å². The number of aromatic nitrogens is 2. The molecule has 1 aliphatic rings. The van der Waals surface area contributed by atoms with E-state index in [9.17, 15) is 5.11 Å². The number of rotatable bonds is 8. The highest BCUT2D eigenvalue weighted by atomic mass is 35.5. The molecule has 178 valence electrons. The lowest BCUT2D eigenvalue weighted by Crippen LogP contribution is -2.48. The molecule has 0 spiro atoms. The highest BCUT2D eigenvalue weighted by Crippen LogP contribution is 2.26. The van der Waals surface area contributed by atoms with Gasteiger partial charge in [0.25, 0.3) is 0 Å². The summed E-state index contributed by atoms with van der Waals surface area (Å²) >= 11 is 7.63. The number of fused-ring (bicyclic) bond motifs is 1. The van der Waals surface area contributed by atoms with Crippen LogP contribution < -0.4 is 4.74 Å². The molecule has 0 aliphatic carbocycles. The normalized spacial score (nSPS) is 16.2. The van der Waals surface area contributed by atoms with Gasteiger partial charge in [-0.25, -0.2) is 4.98 Å². The number of aryl methyl sites for hydroxylation is 1. The summed E-state index contributed by atoms with van der Waals surface area (Å²) in [5.74, 6) is 1.49. The second-order valence-electron chi connectivity index (χ2n) is 8.59. The first-order valence-electron chi connectivity index (χ1n) is 11.4. The minimum absolute atomic E-state index is 0.265. The number of thiazole rings is 1. The summed E-state index contributed by atoms with van der Waals surface area (Å²) in [5.41, 5.74) is 2.82. The number of hydrogen-bond acceptors (Lipinski definition) is 8. The van der Waals surface area contributed by atoms with Crippen LogP contribution in [-0.2, 0) is 6.54 Å². The van der Waals surface area contributed by atoms with Gasteiger partial charge in [0.1, 0.15) is 18.5 Å². The molecule has 7 nitrogen and oxygen atoms in total. The maximum absolute atomic E-state index is 10.5. The molecule has 3 heterocycles. The Balaban J connectivity index is 1.05. The van der Waals surface area contributed by atoms with Crippen molar-refractivity contribution in [3.8, 4) is 17.1 Å². The number of benzene rings is 2. The topological polar surface area (TPSA) is 74.9 Å². The molecular weight excluding hydrogens is 472 g/mol.